The van der Waals surface area contributed by atoms with Crippen molar-refractivity contribution in [3.05, 3.63) is 53.6 Å². The second kappa shape index (κ2) is 10.8. The van der Waals surface area contributed by atoms with Gasteiger partial charge in [-0.05, 0) is 44.0 Å². The van der Waals surface area contributed by atoms with E-state index in [2.05, 4.69) is 10.6 Å². The molecular formula is C22H26N2O5. The van der Waals surface area contributed by atoms with E-state index < -0.39 is 18.5 Å². The van der Waals surface area contributed by atoms with Crippen LogP contribution in [0.3, 0.4) is 0 Å². The molecule has 0 radical (unpaired) electrons. The first-order valence-corrected chi connectivity index (χ1v) is 9.44. The largest absolute Gasteiger partial charge is 0.492 e. The van der Waals surface area contributed by atoms with Crippen molar-refractivity contribution in [2.45, 2.75) is 33.6 Å². The molecule has 0 saturated carbocycles. The van der Waals surface area contributed by atoms with Gasteiger partial charge in [-0.1, -0.05) is 30.3 Å². The molecule has 0 heterocycles. The van der Waals surface area contributed by atoms with Crippen molar-refractivity contribution in [3.8, 4) is 5.75 Å². The molecule has 0 atom stereocenters. The maximum atomic E-state index is 12.1. The third-order valence-electron chi connectivity index (χ3n) is 4.13. The Labute approximate surface area is 170 Å². The second-order valence-corrected chi connectivity index (χ2v) is 6.45. The lowest BCUT2D eigenvalue weighted by Crippen LogP contribution is -2.22. The molecule has 0 aromatic heterocycles. The van der Waals surface area contributed by atoms with E-state index in [0.717, 1.165) is 16.8 Å². The van der Waals surface area contributed by atoms with E-state index in [0.29, 0.717) is 18.0 Å². The van der Waals surface area contributed by atoms with Gasteiger partial charge in [0.2, 0.25) is 5.91 Å². The topological polar surface area (TPSA) is 93.7 Å². The maximum Gasteiger partial charge on any atom is 0.306 e. The van der Waals surface area contributed by atoms with E-state index in [4.69, 9.17) is 9.47 Å². The number of carbonyl (C=O) groups excluding carboxylic acids is 3. The van der Waals surface area contributed by atoms with Crippen molar-refractivity contribution in [1.29, 1.82) is 0 Å². The number of hydrogen-bond donors (Lipinski definition) is 2. The second-order valence-electron chi connectivity index (χ2n) is 6.45. The zero-order chi connectivity index (χ0) is 21.2. The summed E-state index contributed by atoms with van der Waals surface area (Å²) in [5, 5.41) is 5.45. The van der Waals surface area contributed by atoms with Crippen LogP contribution < -0.4 is 15.4 Å². The number of aryl methyl sites for hydroxylation is 2. The Morgan fingerprint density at radius 2 is 1.55 bits per heavy atom. The van der Waals surface area contributed by atoms with Crippen molar-refractivity contribution in [2.24, 2.45) is 0 Å². The number of rotatable bonds is 9. The highest BCUT2D eigenvalue weighted by molar-refractivity contribution is 5.95. The number of ether oxygens (including phenoxy) is 2. The lowest BCUT2D eigenvalue weighted by Gasteiger charge is -2.12. The van der Waals surface area contributed by atoms with Gasteiger partial charge in [-0.25, -0.2) is 0 Å². The van der Waals surface area contributed by atoms with Crippen LogP contribution in [-0.2, 0) is 19.1 Å². The number of nitrogens with one attached hydrogen (secondary N) is 2. The highest BCUT2D eigenvalue weighted by Gasteiger charge is 2.13. The number of amides is 2. The first kappa shape index (κ1) is 21.9. The molecule has 2 rings (SSSR count). The summed E-state index contributed by atoms with van der Waals surface area (Å²) in [6, 6.07) is 12.7. The molecule has 2 aromatic carbocycles. The highest BCUT2D eigenvalue weighted by Crippen LogP contribution is 2.23. The highest BCUT2D eigenvalue weighted by atomic mass is 16.5. The zero-order valence-corrected chi connectivity index (χ0v) is 16.9. The molecule has 0 aliphatic heterocycles. The molecular weight excluding hydrogens is 372 g/mol. The zero-order valence-electron chi connectivity index (χ0n) is 16.9. The molecule has 2 aromatic rings. The Morgan fingerprint density at radius 1 is 0.862 bits per heavy atom. The molecule has 0 aliphatic rings. The Hall–Kier alpha value is -3.35. The summed E-state index contributed by atoms with van der Waals surface area (Å²) in [6.07, 6.45) is -0.138. The van der Waals surface area contributed by atoms with Gasteiger partial charge in [-0.3, -0.25) is 14.4 Å². The standard InChI is InChI=1S/C22H26N2O5/c1-4-28-18-11-6-5-10-17(18)23-20(26)14-29-21(27)13-12-19(25)24-22-15(2)8-7-9-16(22)3/h5-11H,4,12-14H2,1-3H3,(H,23,26)(H,24,25). The summed E-state index contributed by atoms with van der Waals surface area (Å²) >= 11 is 0. The van der Waals surface area contributed by atoms with Crippen LogP contribution in [0.15, 0.2) is 42.5 Å². The summed E-state index contributed by atoms with van der Waals surface area (Å²) in [5.74, 6) is -0.840. The van der Waals surface area contributed by atoms with Crippen molar-refractivity contribution < 1.29 is 23.9 Å². The summed E-state index contributed by atoms with van der Waals surface area (Å²) in [6.45, 7) is 5.68. The Morgan fingerprint density at radius 3 is 2.24 bits per heavy atom. The van der Waals surface area contributed by atoms with E-state index in [1.54, 1.807) is 24.3 Å². The van der Waals surface area contributed by atoms with Crippen LogP contribution in [0.4, 0.5) is 11.4 Å². The van der Waals surface area contributed by atoms with Gasteiger partial charge in [0.25, 0.3) is 5.91 Å². The number of carbonyl (C=O) groups is 3. The normalized spacial score (nSPS) is 10.2. The van der Waals surface area contributed by atoms with Gasteiger partial charge in [0.05, 0.1) is 18.7 Å². The van der Waals surface area contributed by atoms with Gasteiger partial charge in [0.15, 0.2) is 6.61 Å². The fourth-order valence-corrected chi connectivity index (χ4v) is 2.68. The van der Waals surface area contributed by atoms with Crippen molar-refractivity contribution >= 4 is 29.2 Å². The van der Waals surface area contributed by atoms with Gasteiger partial charge in [-0.15, -0.1) is 0 Å². The van der Waals surface area contributed by atoms with Crippen molar-refractivity contribution in [1.82, 2.24) is 0 Å². The van der Waals surface area contributed by atoms with Crippen LogP contribution in [0.25, 0.3) is 0 Å². The van der Waals surface area contributed by atoms with Crippen molar-refractivity contribution in [2.75, 3.05) is 23.8 Å². The molecule has 154 valence electrons. The minimum absolute atomic E-state index is 0.0264. The lowest BCUT2D eigenvalue weighted by atomic mass is 10.1. The van der Waals surface area contributed by atoms with Gasteiger partial charge < -0.3 is 20.1 Å². The number of benzene rings is 2. The quantitative estimate of drug-likeness (QED) is 0.630. The van der Waals surface area contributed by atoms with Gasteiger partial charge in [-0.2, -0.15) is 0 Å². The smallest absolute Gasteiger partial charge is 0.306 e. The molecule has 0 bridgehead atoms. The minimum atomic E-state index is -0.616. The van der Waals surface area contributed by atoms with Crippen LogP contribution in [-0.4, -0.2) is 31.0 Å². The summed E-state index contributed by atoms with van der Waals surface area (Å²) < 4.78 is 10.4. The Kier molecular flexibility index (Phi) is 8.21. The van der Waals surface area contributed by atoms with Crippen LogP contribution in [0.5, 0.6) is 5.75 Å². The van der Waals surface area contributed by atoms with Gasteiger partial charge in [0.1, 0.15) is 5.75 Å². The minimum Gasteiger partial charge on any atom is -0.492 e. The Balaban J connectivity index is 1.75. The maximum absolute atomic E-state index is 12.1. The monoisotopic (exact) mass is 398 g/mol. The SMILES string of the molecule is CCOc1ccccc1NC(=O)COC(=O)CCC(=O)Nc1c(C)cccc1C. The van der Waals surface area contributed by atoms with Gasteiger partial charge in [0, 0.05) is 12.1 Å². The van der Waals surface area contributed by atoms with E-state index in [9.17, 15) is 14.4 Å². The molecule has 7 nitrogen and oxygen atoms in total. The van der Waals surface area contributed by atoms with E-state index in [1.165, 1.54) is 0 Å². The number of esters is 1. The fourth-order valence-electron chi connectivity index (χ4n) is 2.68. The fraction of sp³-hybridized carbons (Fsp3) is 0.318. The molecule has 0 fully saturated rings. The molecule has 29 heavy (non-hydrogen) atoms. The molecule has 0 unspecified atom stereocenters. The van der Waals surface area contributed by atoms with Gasteiger partial charge >= 0.3 is 5.97 Å². The molecule has 2 amide bonds. The van der Waals surface area contributed by atoms with Crippen LogP contribution in [0.1, 0.15) is 30.9 Å². The molecule has 0 saturated heterocycles. The van der Waals surface area contributed by atoms with E-state index >= 15 is 0 Å². The Bertz CT molecular complexity index is 859. The van der Waals surface area contributed by atoms with Crippen LogP contribution in [0, 0.1) is 13.8 Å². The number of anilines is 2. The predicted molar refractivity (Wildman–Crippen MR) is 111 cm³/mol. The average molecular weight is 398 g/mol. The third-order valence-corrected chi connectivity index (χ3v) is 4.13. The average Bonchev–Trinajstić information content (AvgIpc) is 2.69. The van der Waals surface area contributed by atoms with Crippen LogP contribution in [0.2, 0.25) is 0 Å². The summed E-state index contributed by atoms with van der Waals surface area (Å²) in [7, 11) is 0. The summed E-state index contributed by atoms with van der Waals surface area (Å²) in [4.78, 5) is 35.9. The van der Waals surface area contributed by atoms with E-state index in [1.807, 2.05) is 39.0 Å². The van der Waals surface area contributed by atoms with E-state index in [-0.39, 0.29) is 18.7 Å². The predicted octanol–water partition coefficient (Wildman–Crippen LogP) is 3.60. The first-order chi connectivity index (χ1) is 13.9. The molecule has 0 aliphatic carbocycles. The molecule has 7 heteroatoms. The lowest BCUT2D eigenvalue weighted by molar-refractivity contribution is -0.147. The summed E-state index contributed by atoms with van der Waals surface area (Å²) in [5.41, 5.74) is 3.15. The number of hydrogen-bond acceptors (Lipinski definition) is 5. The van der Waals surface area contributed by atoms with Crippen LogP contribution >= 0.6 is 0 Å². The van der Waals surface area contributed by atoms with Crippen molar-refractivity contribution in [3.63, 3.8) is 0 Å². The molecule has 2 N–H and O–H groups in total. The molecule has 0 spiro atoms. The third kappa shape index (κ3) is 6.95. The number of para-hydroxylation sites is 3. The first-order valence-electron chi connectivity index (χ1n) is 9.44.